The third kappa shape index (κ3) is 3.52. The Bertz CT molecular complexity index is 798. The number of para-hydroxylation sites is 1. The molecule has 0 unspecified atom stereocenters. The van der Waals surface area contributed by atoms with E-state index in [-0.39, 0.29) is 5.91 Å². The number of carbonyl (C=O) groups excluding carboxylic acids is 1. The van der Waals surface area contributed by atoms with Gasteiger partial charge in [-0.25, -0.2) is 4.68 Å². The first kappa shape index (κ1) is 16.0. The number of nitrogens with one attached hydrogen (secondary N) is 1. The van der Waals surface area contributed by atoms with Crippen molar-refractivity contribution < 1.29 is 9.53 Å². The maximum atomic E-state index is 12.5. The first-order chi connectivity index (χ1) is 11.8. The Labute approximate surface area is 140 Å². The number of carbonyl (C=O) groups is 1. The monoisotopic (exact) mass is 321 g/mol. The first-order valence-electron chi connectivity index (χ1n) is 7.77. The molecule has 0 aliphatic carbocycles. The molecule has 0 aliphatic heterocycles. The predicted octanol–water partition coefficient (Wildman–Crippen LogP) is 2.92. The summed E-state index contributed by atoms with van der Waals surface area (Å²) in [5.41, 5.74) is 3.07. The minimum absolute atomic E-state index is 0.175. The van der Waals surface area contributed by atoms with E-state index in [2.05, 4.69) is 10.4 Å². The lowest BCUT2D eigenvalue weighted by atomic mass is 10.1. The van der Waals surface area contributed by atoms with Gasteiger partial charge in [-0.2, -0.15) is 5.10 Å². The molecule has 3 aromatic rings. The topological polar surface area (TPSA) is 56.1 Å². The molecule has 0 atom stereocenters. The van der Waals surface area contributed by atoms with Gasteiger partial charge in [-0.1, -0.05) is 48.5 Å². The summed E-state index contributed by atoms with van der Waals surface area (Å²) >= 11 is 0. The predicted molar refractivity (Wildman–Crippen MR) is 93.2 cm³/mol. The number of benzene rings is 2. The minimum Gasteiger partial charge on any atom is -0.383 e. The highest BCUT2D eigenvalue weighted by Crippen LogP contribution is 2.21. The fraction of sp³-hybridized carbons (Fsp3) is 0.158. The lowest BCUT2D eigenvalue weighted by molar-refractivity contribution is 0.0929. The third-order valence-corrected chi connectivity index (χ3v) is 3.60. The van der Waals surface area contributed by atoms with Gasteiger partial charge >= 0.3 is 0 Å². The number of ether oxygens (including phenoxy) is 1. The second kappa shape index (κ2) is 7.57. The fourth-order valence-corrected chi connectivity index (χ4v) is 2.42. The van der Waals surface area contributed by atoms with Gasteiger partial charge in [0.15, 0.2) is 0 Å². The van der Waals surface area contributed by atoms with E-state index in [1.807, 2.05) is 66.7 Å². The van der Waals surface area contributed by atoms with Gasteiger partial charge in [0.1, 0.15) is 5.69 Å². The Morgan fingerprint density at radius 3 is 2.42 bits per heavy atom. The van der Waals surface area contributed by atoms with Crippen molar-refractivity contribution in [1.29, 1.82) is 0 Å². The molecule has 5 nitrogen and oxygen atoms in total. The number of hydrogen-bond acceptors (Lipinski definition) is 3. The van der Waals surface area contributed by atoms with Crippen molar-refractivity contribution in [2.24, 2.45) is 0 Å². The summed E-state index contributed by atoms with van der Waals surface area (Å²) in [6, 6.07) is 21.3. The van der Waals surface area contributed by atoms with Crippen LogP contribution in [0, 0.1) is 0 Å². The maximum Gasteiger partial charge on any atom is 0.270 e. The number of nitrogens with zero attached hydrogens (tertiary/aromatic N) is 2. The molecule has 1 N–H and O–H groups in total. The van der Waals surface area contributed by atoms with Crippen LogP contribution in [0.2, 0.25) is 0 Å². The van der Waals surface area contributed by atoms with Gasteiger partial charge in [0.25, 0.3) is 5.91 Å². The van der Waals surface area contributed by atoms with Crippen molar-refractivity contribution in [1.82, 2.24) is 15.1 Å². The van der Waals surface area contributed by atoms with Crippen molar-refractivity contribution >= 4 is 5.91 Å². The van der Waals surface area contributed by atoms with E-state index >= 15 is 0 Å². The molecule has 5 heteroatoms. The van der Waals surface area contributed by atoms with E-state index in [0.29, 0.717) is 18.8 Å². The van der Waals surface area contributed by atoms with E-state index in [1.54, 1.807) is 11.8 Å². The van der Waals surface area contributed by atoms with Crippen LogP contribution >= 0.6 is 0 Å². The molecule has 0 saturated carbocycles. The van der Waals surface area contributed by atoms with E-state index in [4.69, 9.17) is 4.74 Å². The van der Waals surface area contributed by atoms with Crippen molar-refractivity contribution in [2.45, 2.75) is 0 Å². The highest BCUT2D eigenvalue weighted by Gasteiger charge is 2.17. The van der Waals surface area contributed by atoms with E-state index in [0.717, 1.165) is 16.9 Å². The quantitative estimate of drug-likeness (QED) is 0.710. The molecule has 0 saturated heterocycles. The van der Waals surface area contributed by atoms with Gasteiger partial charge in [-0.05, 0) is 18.2 Å². The molecular weight excluding hydrogens is 302 g/mol. The molecule has 2 aromatic carbocycles. The second-order valence-electron chi connectivity index (χ2n) is 5.28. The molecule has 0 fully saturated rings. The van der Waals surface area contributed by atoms with E-state index in [9.17, 15) is 4.79 Å². The molecule has 1 heterocycles. The van der Waals surface area contributed by atoms with Crippen LogP contribution in [-0.4, -0.2) is 35.9 Å². The number of methoxy groups -OCH3 is 1. The summed E-state index contributed by atoms with van der Waals surface area (Å²) in [4.78, 5) is 12.5. The van der Waals surface area contributed by atoms with Gasteiger partial charge in [-0.15, -0.1) is 0 Å². The lowest BCUT2D eigenvalue weighted by Gasteiger charge is -2.07. The Morgan fingerprint density at radius 1 is 1.08 bits per heavy atom. The largest absolute Gasteiger partial charge is 0.383 e. The molecule has 24 heavy (non-hydrogen) atoms. The fourth-order valence-electron chi connectivity index (χ4n) is 2.42. The van der Waals surface area contributed by atoms with Crippen LogP contribution in [0.15, 0.2) is 66.7 Å². The van der Waals surface area contributed by atoms with E-state index < -0.39 is 0 Å². The molecule has 122 valence electrons. The van der Waals surface area contributed by atoms with Crippen LogP contribution in [0.5, 0.6) is 0 Å². The lowest BCUT2D eigenvalue weighted by Crippen LogP contribution is -2.28. The molecule has 1 amide bonds. The summed E-state index contributed by atoms with van der Waals surface area (Å²) in [5, 5.41) is 7.47. The number of hydrogen-bond donors (Lipinski definition) is 1. The molecule has 3 rings (SSSR count). The summed E-state index contributed by atoms with van der Waals surface area (Å²) < 4.78 is 6.65. The van der Waals surface area contributed by atoms with Crippen LogP contribution in [0.4, 0.5) is 0 Å². The summed E-state index contributed by atoms with van der Waals surface area (Å²) in [5.74, 6) is -0.175. The normalized spacial score (nSPS) is 10.5. The molecule has 0 spiro atoms. The number of rotatable bonds is 6. The van der Waals surface area contributed by atoms with Gasteiger partial charge in [0.2, 0.25) is 0 Å². The highest BCUT2D eigenvalue weighted by molar-refractivity contribution is 5.94. The Balaban J connectivity index is 1.99. The van der Waals surface area contributed by atoms with Gasteiger partial charge in [0, 0.05) is 19.2 Å². The first-order valence-corrected chi connectivity index (χ1v) is 7.77. The standard InChI is InChI=1S/C19H19N3O2/c1-24-13-12-20-19(23)18-14-17(15-8-4-2-5-9-15)21-22(18)16-10-6-3-7-11-16/h2-11,14H,12-13H2,1H3,(H,20,23). The van der Waals surface area contributed by atoms with Crippen LogP contribution in [0.3, 0.4) is 0 Å². The summed E-state index contributed by atoms with van der Waals surface area (Å²) in [6.07, 6.45) is 0. The highest BCUT2D eigenvalue weighted by atomic mass is 16.5. The molecule has 0 aliphatic rings. The molecule has 0 radical (unpaired) electrons. The van der Waals surface area contributed by atoms with Gasteiger partial charge in [0.05, 0.1) is 18.0 Å². The van der Waals surface area contributed by atoms with Crippen LogP contribution < -0.4 is 5.32 Å². The zero-order valence-corrected chi connectivity index (χ0v) is 13.5. The second-order valence-corrected chi connectivity index (χ2v) is 5.28. The average molecular weight is 321 g/mol. The Kier molecular flexibility index (Phi) is 5.03. The number of aromatic nitrogens is 2. The Hall–Kier alpha value is -2.92. The van der Waals surface area contributed by atoms with Crippen molar-refractivity contribution in [2.75, 3.05) is 20.3 Å². The third-order valence-electron chi connectivity index (χ3n) is 3.60. The van der Waals surface area contributed by atoms with Gasteiger partial charge in [-0.3, -0.25) is 4.79 Å². The maximum absolute atomic E-state index is 12.5. The van der Waals surface area contributed by atoms with Crippen molar-refractivity contribution in [3.8, 4) is 16.9 Å². The Morgan fingerprint density at radius 2 is 1.75 bits per heavy atom. The van der Waals surface area contributed by atoms with Crippen LogP contribution in [0.25, 0.3) is 16.9 Å². The number of amides is 1. The zero-order valence-electron chi connectivity index (χ0n) is 13.5. The van der Waals surface area contributed by atoms with Crippen LogP contribution in [0.1, 0.15) is 10.5 Å². The SMILES string of the molecule is COCCNC(=O)c1cc(-c2ccccc2)nn1-c1ccccc1. The molecule has 0 bridgehead atoms. The summed E-state index contributed by atoms with van der Waals surface area (Å²) in [7, 11) is 1.61. The smallest absolute Gasteiger partial charge is 0.270 e. The van der Waals surface area contributed by atoms with E-state index in [1.165, 1.54) is 0 Å². The minimum atomic E-state index is -0.175. The van der Waals surface area contributed by atoms with Crippen molar-refractivity contribution in [3.63, 3.8) is 0 Å². The zero-order chi connectivity index (χ0) is 16.8. The van der Waals surface area contributed by atoms with Crippen molar-refractivity contribution in [3.05, 3.63) is 72.4 Å². The van der Waals surface area contributed by atoms with Crippen LogP contribution in [-0.2, 0) is 4.74 Å². The average Bonchev–Trinajstić information content (AvgIpc) is 3.09. The molecule has 1 aromatic heterocycles. The van der Waals surface area contributed by atoms with Gasteiger partial charge < -0.3 is 10.1 Å². The summed E-state index contributed by atoms with van der Waals surface area (Å²) in [6.45, 7) is 0.923. The molecular formula is C19H19N3O2.